The molecule has 6 saturated carbocycles. The van der Waals surface area contributed by atoms with Crippen molar-refractivity contribution in [3.63, 3.8) is 0 Å². The summed E-state index contributed by atoms with van der Waals surface area (Å²) in [5.41, 5.74) is 4.70. The number of esters is 2. The second-order valence-corrected chi connectivity index (χ2v) is 28.7. The molecule has 0 saturated heterocycles. The Labute approximate surface area is 443 Å². The van der Waals surface area contributed by atoms with Crippen molar-refractivity contribution >= 4 is 11.9 Å². The maximum Gasteiger partial charge on any atom is 0.307 e. The minimum Gasteiger partial charge on any atom is -0.462 e. The van der Waals surface area contributed by atoms with Crippen molar-refractivity contribution in [2.45, 2.75) is 249 Å². The van der Waals surface area contributed by atoms with E-state index >= 15 is 0 Å². The lowest BCUT2D eigenvalue weighted by Crippen LogP contribution is -2.51. The van der Waals surface area contributed by atoms with Gasteiger partial charge in [0.15, 0.2) is 0 Å². The topological polar surface area (TPSA) is 59.1 Å². The molecule has 0 aromatic carbocycles. The zero-order valence-corrected chi connectivity index (χ0v) is 49.0. The van der Waals surface area contributed by atoms with E-state index in [4.69, 9.17) is 9.47 Å². The largest absolute Gasteiger partial charge is 0.462 e. The summed E-state index contributed by atoms with van der Waals surface area (Å²) in [6, 6.07) is 0. The standard InChI is InChI=1S/C66H112N2O4/c1-13-67(14-2)41-42-68(39-33-61(69)71-51-29-35-63(9)49(43-51)21-23-53-57-27-25-55(47(7)19-15-17-45(3)4)65(57,11)37-31-59(53)63)40-34-62(70)72-52-30-36-64(10)50(44-52)22-24-54-58-28-26-56(48(8)20-16-18-46(5)6)66(58,12)38-32-60(54)64/h21-22,45-48,51-60H,13-20,23-44H2,1-12H3/t47-,48-,51+,52?,53+,54+,55-,56-,57+,58+,59+,60+,63+,64+,65-,66-/m1/s1. The predicted octanol–water partition coefficient (Wildman–Crippen LogP) is 16.3. The molecule has 0 spiro atoms. The fourth-order valence-electron chi connectivity index (χ4n) is 19.7. The van der Waals surface area contributed by atoms with Gasteiger partial charge >= 0.3 is 11.9 Å². The molecule has 72 heavy (non-hydrogen) atoms. The highest BCUT2D eigenvalue weighted by Gasteiger charge is 2.61. The first kappa shape index (κ1) is 56.5. The number of fused-ring (bicyclic) bond motifs is 10. The molecule has 8 aliphatic carbocycles. The molecule has 6 nitrogen and oxygen atoms in total. The average Bonchev–Trinajstić information content (AvgIpc) is 3.89. The van der Waals surface area contributed by atoms with Crippen molar-refractivity contribution in [1.29, 1.82) is 0 Å². The van der Waals surface area contributed by atoms with Crippen LogP contribution in [-0.4, -0.2) is 73.2 Å². The van der Waals surface area contributed by atoms with E-state index in [1.54, 1.807) is 11.1 Å². The molecule has 16 atom stereocenters. The molecule has 8 rings (SSSR count). The van der Waals surface area contributed by atoms with Crippen LogP contribution in [0.1, 0.15) is 237 Å². The van der Waals surface area contributed by atoms with Gasteiger partial charge in [-0.15, -0.1) is 0 Å². The number of rotatable bonds is 23. The molecule has 0 radical (unpaired) electrons. The Kier molecular flexibility index (Phi) is 18.8. The number of ether oxygens (including phenoxy) is 2. The van der Waals surface area contributed by atoms with Crippen molar-refractivity contribution in [3.8, 4) is 0 Å². The first-order valence-corrected chi connectivity index (χ1v) is 31.5. The van der Waals surface area contributed by atoms with Crippen LogP contribution in [0.5, 0.6) is 0 Å². The summed E-state index contributed by atoms with van der Waals surface area (Å²) >= 11 is 0. The Morgan fingerprint density at radius 3 is 1.35 bits per heavy atom. The average molecular weight is 998 g/mol. The zero-order chi connectivity index (χ0) is 51.6. The van der Waals surface area contributed by atoms with Crippen molar-refractivity contribution in [1.82, 2.24) is 9.80 Å². The van der Waals surface area contributed by atoms with Crippen molar-refractivity contribution in [2.24, 2.45) is 92.7 Å². The van der Waals surface area contributed by atoms with Crippen LogP contribution < -0.4 is 0 Å². The predicted molar refractivity (Wildman–Crippen MR) is 299 cm³/mol. The minimum absolute atomic E-state index is 0.0159. The van der Waals surface area contributed by atoms with E-state index in [0.29, 0.717) is 36.8 Å². The van der Waals surface area contributed by atoms with Crippen molar-refractivity contribution in [2.75, 3.05) is 39.3 Å². The summed E-state index contributed by atoms with van der Waals surface area (Å²) in [6.45, 7) is 34.7. The van der Waals surface area contributed by atoms with Gasteiger partial charge in [-0.1, -0.05) is 145 Å². The van der Waals surface area contributed by atoms with Crippen LogP contribution in [-0.2, 0) is 19.1 Å². The molecular weight excluding hydrogens is 885 g/mol. The van der Waals surface area contributed by atoms with Crippen LogP contribution in [0.3, 0.4) is 0 Å². The fourth-order valence-corrected chi connectivity index (χ4v) is 19.7. The van der Waals surface area contributed by atoms with Crippen LogP contribution in [0.25, 0.3) is 0 Å². The van der Waals surface area contributed by atoms with Gasteiger partial charge < -0.3 is 19.3 Å². The maximum absolute atomic E-state index is 13.7. The van der Waals surface area contributed by atoms with Crippen molar-refractivity contribution < 1.29 is 19.1 Å². The smallest absolute Gasteiger partial charge is 0.307 e. The van der Waals surface area contributed by atoms with Gasteiger partial charge in [0.1, 0.15) is 12.2 Å². The summed E-state index contributed by atoms with van der Waals surface area (Å²) in [4.78, 5) is 32.2. The Hall–Kier alpha value is -1.66. The Bertz CT molecular complexity index is 1740. The van der Waals surface area contributed by atoms with Gasteiger partial charge in [0.05, 0.1) is 12.8 Å². The second kappa shape index (κ2) is 23.9. The first-order valence-electron chi connectivity index (χ1n) is 31.5. The third kappa shape index (κ3) is 11.9. The molecule has 0 amide bonds. The van der Waals surface area contributed by atoms with Crippen LogP contribution in [0.2, 0.25) is 0 Å². The number of nitrogens with zero attached hydrogens (tertiary/aromatic N) is 2. The van der Waals surface area contributed by atoms with Crippen LogP contribution in [0.4, 0.5) is 0 Å². The van der Waals surface area contributed by atoms with Gasteiger partial charge in [0.25, 0.3) is 0 Å². The molecule has 0 aliphatic heterocycles. The monoisotopic (exact) mass is 997 g/mol. The molecule has 0 aromatic heterocycles. The lowest BCUT2D eigenvalue weighted by molar-refractivity contribution is -0.152. The van der Waals surface area contributed by atoms with E-state index in [9.17, 15) is 9.59 Å². The van der Waals surface area contributed by atoms with Gasteiger partial charge in [-0.3, -0.25) is 9.59 Å². The van der Waals surface area contributed by atoms with Crippen LogP contribution >= 0.6 is 0 Å². The molecule has 6 fully saturated rings. The zero-order valence-electron chi connectivity index (χ0n) is 49.0. The fraction of sp³-hybridized carbons (Fsp3) is 0.909. The van der Waals surface area contributed by atoms with Gasteiger partial charge in [0.2, 0.25) is 0 Å². The quantitative estimate of drug-likeness (QED) is 0.0751. The normalized spacial score (nSPS) is 39.1. The van der Waals surface area contributed by atoms with E-state index < -0.39 is 0 Å². The SMILES string of the molecule is CCN(CC)CCN(CCC(=O)OC1CC[C@@]2(C)C(=CC[C@H]3[C@@H]4CC[C@H]([C@H](C)CCCC(C)C)[C@@]4(C)CC[C@@H]32)C1)CCC(=O)O[C@H]1CC[C@@]2(C)C(=CC[C@H]3[C@@H]4CC[C@H]([C@H](C)CCCC(C)C)[C@@]4(C)CC[C@@H]32)C1. The highest BCUT2D eigenvalue weighted by atomic mass is 16.5. The molecule has 1 unspecified atom stereocenters. The molecule has 0 heterocycles. The molecular formula is C66H112N2O4. The summed E-state index contributed by atoms with van der Waals surface area (Å²) in [6.07, 6.45) is 34.2. The maximum atomic E-state index is 13.7. The number of hydrogen-bond acceptors (Lipinski definition) is 6. The van der Waals surface area contributed by atoms with Crippen LogP contribution in [0, 0.1) is 92.7 Å². The van der Waals surface area contributed by atoms with Crippen molar-refractivity contribution in [3.05, 3.63) is 23.3 Å². The van der Waals surface area contributed by atoms with E-state index in [2.05, 4.69) is 105 Å². The number of allylic oxidation sites excluding steroid dienone is 2. The molecule has 0 bridgehead atoms. The third-order valence-corrected chi connectivity index (χ3v) is 24.0. The van der Waals surface area contributed by atoms with E-state index in [0.717, 1.165) is 136 Å². The molecule has 6 heteroatoms. The number of hydrogen-bond donors (Lipinski definition) is 0. The number of likely N-dealkylation sites (N-methyl/N-ethyl adjacent to an activating group) is 1. The summed E-state index contributed by atoms with van der Waals surface area (Å²) < 4.78 is 12.7. The van der Waals surface area contributed by atoms with Gasteiger partial charge in [-0.25, -0.2) is 0 Å². The van der Waals surface area contributed by atoms with Gasteiger partial charge in [-0.05, 0) is 196 Å². The summed E-state index contributed by atoms with van der Waals surface area (Å²) in [7, 11) is 0. The lowest BCUT2D eigenvalue weighted by atomic mass is 9.47. The molecule has 0 N–H and O–H groups in total. The highest BCUT2D eigenvalue weighted by Crippen LogP contribution is 2.69. The van der Waals surface area contributed by atoms with E-state index in [1.807, 2.05) is 0 Å². The highest BCUT2D eigenvalue weighted by molar-refractivity contribution is 5.70. The first-order chi connectivity index (χ1) is 34.3. The number of carbonyl (C=O) groups is 2. The summed E-state index contributed by atoms with van der Waals surface area (Å²) in [5.74, 6) is 9.85. The lowest BCUT2D eigenvalue weighted by Gasteiger charge is -2.58. The Morgan fingerprint density at radius 1 is 0.528 bits per heavy atom. The van der Waals surface area contributed by atoms with E-state index in [-0.39, 0.29) is 35.0 Å². The third-order valence-electron chi connectivity index (χ3n) is 24.0. The van der Waals surface area contributed by atoms with Gasteiger partial charge in [-0.2, -0.15) is 0 Å². The molecule has 8 aliphatic rings. The Morgan fingerprint density at radius 2 is 0.944 bits per heavy atom. The molecule has 0 aromatic rings. The Balaban J connectivity index is 0.802. The van der Waals surface area contributed by atoms with Gasteiger partial charge in [0, 0.05) is 39.0 Å². The number of carbonyl (C=O) groups excluding carboxylic acids is 2. The minimum atomic E-state index is -0.0727. The summed E-state index contributed by atoms with van der Waals surface area (Å²) in [5, 5.41) is 0. The van der Waals surface area contributed by atoms with E-state index in [1.165, 1.54) is 103 Å². The molecule has 410 valence electrons. The second-order valence-electron chi connectivity index (χ2n) is 28.7. The van der Waals surface area contributed by atoms with Crippen LogP contribution in [0.15, 0.2) is 23.3 Å².